The van der Waals surface area contributed by atoms with Crippen LogP contribution in [0.3, 0.4) is 0 Å². The van der Waals surface area contributed by atoms with Gasteiger partial charge in [0.2, 0.25) is 5.82 Å². The van der Waals surface area contributed by atoms with Gasteiger partial charge >= 0.3 is 5.69 Å². The van der Waals surface area contributed by atoms with Gasteiger partial charge in [-0.15, -0.1) is 0 Å². The van der Waals surface area contributed by atoms with Crippen molar-refractivity contribution in [3.8, 4) is 11.5 Å². The number of amides is 1. The highest BCUT2D eigenvalue weighted by Gasteiger charge is 2.55. The van der Waals surface area contributed by atoms with Gasteiger partial charge in [-0.25, -0.2) is 23.1 Å². The first kappa shape index (κ1) is 41.8. The van der Waals surface area contributed by atoms with Crippen LogP contribution in [0, 0.1) is 26.9 Å². The van der Waals surface area contributed by atoms with Crippen LogP contribution in [0.2, 0.25) is 0 Å². The number of nitrogens with zero attached hydrogens (tertiary/aromatic N) is 5. The van der Waals surface area contributed by atoms with E-state index in [1.54, 1.807) is 24.4 Å². The number of likely N-dealkylation sites (tertiary alicyclic amines) is 1. The molecule has 2 saturated carbocycles. The van der Waals surface area contributed by atoms with Crippen LogP contribution < -0.4 is 19.7 Å². The molecule has 1 amide bonds. The molecule has 14 nitrogen and oxygen atoms in total. The van der Waals surface area contributed by atoms with Crippen LogP contribution >= 0.6 is 0 Å². The van der Waals surface area contributed by atoms with Gasteiger partial charge in [-0.1, -0.05) is 52.0 Å². The lowest BCUT2D eigenvalue weighted by Crippen LogP contribution is -2.66. The monoisotopic (exact) mass is 860 g/mol. The second kappa shape index (κ2) is 16.3. The third-order valence-electron chi connectivity index (χ3n) is 13.9. The van der Waals surface area contributed by atoms with E-state index in [0.29, 0.717) is 41.9 Å². The van der Waals surface area contributed by atoms with Crippen molar-refractivity contribution in [1.82, 2.24) is 24.6 Å². The van der Waals surface area contributed by atoms with Gasteiger partial charge in [0.25, 0.3) is 15.9 Å². The number of carbonyl (C=O) groups is 1. The van der Waals surface area contributed by atoms with E-state index in [4.69, 9.17) is 4.74 Å². The number of H-pyrrole nitrogens is 1. The molecule has 326 valence electrons. The second-order valence-electron chi connectivity index (χ2n) is 19.2. The van der Waals surface area contributed by atoms with Gasteiger partial charge in [0.1, 0.15) is 22.0 Å². The predicted octanol–water partition coefficient (Wildman–Crippen LogP) is 9.33. The number of carbonyl (C=O) groups excluding carboxylic acids is 1. The van der Waals surface area contributed by atoms with Crippen LogP contribution in [0.1, 0.15) is 113 Å². The Labute approximate surface area is 363 Å². The number of hydrogen-bond donors (Lipinski definition) is 3. The molecule has 1 spiro atoms. The fraction of sp³-hybridized carbons (Fsp3) is 0.468. The number of benzene rings is 2. The zero-order valence-corrected chi connectivity index (χ0v) is 36.7. The molecule has 2 aliphatic heterocycles. The average molecular weight is 861 g/mol. The highest BCUT2D eigenvalue weighted by atomic mass is 32.2. The summed E-state index contributed by atoms with van der Waals surface area (Å²) in [5.41, 5.74) is 4.44. The lowest BCUT2D eigenvalue weighted by atomic mass is 9.60. The fourth-order valence-corrected chi connectivity index (χ4v) is 11.3. The van der Waals surface area contributed by atoms with E-state index < -0.39 is 31.4 Å². The molecule has 0 radical (unpaired) electrons. The van der Waals surface area contributed by atoms with Crippen molar-refractivity contribution in [2.24, 2.45) is 16.7 Å². The molecule has 2 saturated heterocycles. The minimum atomic E-state index is -4.59. The minimum absolute atomic E-state index is 0.0118. The molecule has 1 atom stereocenters. The van der Waals surface area contributed by atoms with Crippen LogP contribution in [-0.4, -0.2) is 71.3 Å². The Bertz CT molecular complexity index is 2600. The summed E-state index contributed by atoms with van der Waals surface area (Å²) in [6, 6.07) is 19.7. The predicted molar refractivity (Wildman–Crippen MR) is 239 cm³/mol. The van der Waals surface area contributed by atoms with Crippen molar-refractivity contribution >= 4 is 44.2 Å². The molecular weight excluding hydrogens is 805 g/mol. The lowest BCUT2D eigenvalue weighted by Gasteiger charge is -2.62. The van der Waals surface area contributed by atoms with Crippen molar-refractivity contribution in [1.29, 1.82) is 0 Å². The van der Waals surface area contributed by atoms with Gasteiger partial charge in [0.15, 0.2) is 0 Å². The maximum absolute atomic E-state index is 13.9. The van der Waals surface area contributed by atoms with Gasteiger partial charge in [0, 0.05) is 66.5 Å². The first-order valence-corrected chi connectivity index (χ1v) is 23.4. The molecule has 5 aromatic rings. The number of aromatic nitrogens is 3. The summed E-state index contributed by atoms with van der Waals surface area (Å²) < 4.78 is 35.8. The van der Waals surface area contributed by atoms with Crippen LogP contribution in [0.25, 0.3) is 11.0 Å². The van der Waals surface area contributed by atoms with Crippen LogP contribution in [-0.2, 0) is 10.0 Å². The number of nitro groups is 1. The van der Waals surface area contributed by atoms with Crippen molar-refractivity contribution < 1.29 is 22.9 Å². The highest BCUT2D eigenvalue weighted by Crippen LogP contribution is 2.54. The number of ether oxygens (including phenoxy) is 1. The molecule has 5 heterocycles. The van der Waals surface area contributed by atoms with Gasteiger partial charge < -0.3 is 19.9 Å². The summed E-state index contributed by atoms with van der Waals surface area (Å²) in [5.74, 6) is 0.366. The first-order chi connectivity index (χ1) is 29.7. The minimum Gasteiger partial charge on any atom is -0.455 e. The summed E-state index contributed by atoms with van der Waals surface area (Å²) >= 11 is 0. The molecule has 15 heteroatoms. The molecule has 0 unspecified atom stereocenters. The summed E-state index contributed by atoms with van der Waals surface area (Å²) in [4.78, 5) is 41.5. The van der Waals surface area contributed by atoms with Crippen molar-refractivity contribution in [3.05, 3.63) is 106 Å². The number of anilines is 2. The van der Waals surface area contributed by atoms with Crippen LogP contribution in [0.15, 0.2) is 84.1 Å². The van der Waals surface area contributed by atoms with Crippen LogP contribution in [0.4, 0.5) is 17.2 Å². The summed E-state index contributed by atoms with van der Waals surface area (Å²) in [7, 11) is -4.59. The quantitative estimate of drug-likeness (QED) is 0.0760. The van der Waals surface area contributed by atoms with Gasteiger partial charge in [0.05, 0.1) is 22.9 Å². The van der Waals surface area contributed by atoms with Crippen LogP contribution in [0.5, 0.6) is 11.5 Å². The zero-order chi connectivity index (χ0) is 43.4. The Morgan fingerprint density at radius 3 is 2.55 bits per heavy atom. The first-order valence-electron chi connectivity index (χ1n) is 22.0. The Balaban J connectivity index is 0.903. The Morgan fingerprint density at radius 1 is 1.02 bits per heavy atom. The molecule has 4 fully saturated rings. The molecule has 2 aromatic carbocycles. The molecule has 3 N–H and O–H groups in total. The Morgan fingerprint density at radius 2 is 1.79 bits per heavy atom. The number of pyridine rings is 2. The molecule has 2 aliphatic carbocycles. The fourth-order valence-electron chi connectivity index (χ4n) is 10.4. The highest BCUT2D eigenvalue weighted by molar-refractivity contribution is 7.90. The van der Waals surface area contributed by atoms with Crippen molar-refractivity contribution in [2.45, 2.75) is 102 Å². The van der Waals surface area contributed by atoms with Gasteiger partial charge in [-0.2, -0.15) is 0 Å². The van der Waals surface area contributed by atoms with Crippen molar-refractivity contribution in [2.75, 3.05) is 36.4 Å². The van der Waals surface area contributed by atoms with E-state index in [1.807, 2.05) is 12.1 Å². The number of nitrogens with one attached hydrogen (secondary N) is 3. The number of hydrogen-bond acceptors (Lipinski definition) is 11. The average Bonchev–Trinajstić information content (AvgIpc) is 3.89. The van der Waals surface area contributed by atoms with Crippen molar-refractivity contribution in [3.63, 3.8) is 0 Å². The Hall–Kier alpha value is -5.54. The number of sulfonamides is 1. The largest absolute Gasteiger partial charge is 0.455 e. The lowest BCUT2D eigenvalue weighted by molar-refractivity contribution is -0.384. The third kappa shape index (κ3) is 8.36. The Kier molecular flexibility index (Phi) is 11.0. The number of rotatable bonds is 13. The molecular formula is C47H56N8O6S. The van der Waals surface area contributed by atoms with E-state index in [9.17, 15) is 23.3 Å². The summed E-state index contributed by atoms with van der Waals surface area (Å²) in [5, 5.41) is 16.0. The SMILES string of the molecule is CC(C)c1ccccc1[C@@H]1CCCN1C1CC2(C1)CN(c1ccc(C(=O)NS(=O)(=O)c3cnc(NCC4CCC(C)(C)CC4)c([N+](=O)[O-])c3)c(Oc3cnc4[nH]ccc4c3)c1)C2. The van der Waals surface area contributed by atoms with E-state index in [-0.39, 0.29) is 28.0 Å². The van der Waals surface area contributed by atoms with E-state index >= 15 is 0 Å². The third-order valence-corrected chi connectivity index (χ3v) is 15.2. The number of fused-ring (bicyclic) bond motifs is 1. The zero-order valence-electron chi connectivity index (χ0n) is 35.9. The smallest absolute Gasteiger partial charge is 0.312 e. The summed E-state index contributed by atoms with van der Waals surface area (Å²) in [6.45, 7) is 12.4. The molecule has 3 aromatic heterocycles. The number of aromatic amines is 1. The van der Waals surface area contributed by atoms with E-state index in [2.05, 4.69) is 86.8 Å². The topological polar surface area (TPSA) is 176 Å². The van der Waals surface area contributed by atoms with E-state index in [1.165, 1.54) is 30.2 Å². The van der Waals surface area contributed by atoms with E-state index in [0.717, 1.165) is 81.5 Å². The molecule has 9 rings (SSSR count). The molecule has 62 heavy (non-hydrogen) atoms. The van der Waals surface area contributed by atoms with Gasteiger partial charge in [-0.05, 0) is 111 Å². The molecule has 0 bridgehead atoms. The maximum Gasteiger partial charge on any atom is 0.312 e. The van der Waals surface area contributed by atoms with Gasteiger partial charge in [-0.3, -0.25) is 19.8 Å². The second-order valence-corrected chi connectivity index (χ2v) is 20.9. The maximum atomic E-state index is 13.9. The molecule has 4 aliphatic rings. The standard InChI is InChI=1S/C47H56N8O6S/c1-30(2)37-8-5-6-9-38(37)40-10-7-19-54(40)34-23-47(24-34)28-53(29-47)33-11-12-39(42(21-33)61-35-20-32-15-18-48-43(32)50-26-35)45(56)52-62(59,60)36-22-41(55(57)58)44(51-27-36)49-25-31-13-16-46(3,4)17-14-31/h5-6,8-9,11-12,15,18,20-22,26-27,30-31,34,40H,7,10,13-14,16-17,19,23-25,28-29H2,1-4H3,(H,48,50)(H,49,51)(H,52,56)/t40-/m0/s1. The summed E-state index contributed by atoms with van der Waals surface area (Å²) in [6.07, 6.45) is 13.1. The normalized spacial score (nSPS) is 20.3.